The molecule has 0 bridgehead atoms. The Kier molecular flexibility index (Phi) is 22.3. The smallest absolute Gasteiger partial charge is 0.359 e. The van der Waals surface area contributed by atoms with Crippen LogP contribution < -0.4 is 0 Å². The molecule has 0 saturated heterocycles. The molecule has 0 aromatic heterocycles. The molecule has 3 N–H and O–H groups in total. The lowest BCUT2D eigenvalue weighted by Gasteiger charge is -2.34. The Bertz CT molecular complexity index is 564. The molecule has 0 saturated carbocycles. The zero-order valence-corrected chi connectivity index (χ0v) is 22.9. The van der Waals surface area contributed by atoms with Crippen LogP contribution in [0.1, 0.15) is 129 Å². The summed E-state index contributed by atoms with van der Waals surface area (Å²) >= 11 is 0. The van der Waals surface area contributed by atoms with Crippen molar-refractivity contribution in [2.24, 2.45) is 0 Å². The molecule has 0 atom stereocenters. The number of rotatable bonds is 27. The second-order valence-corrected chi connectivity index (χ2v) is 10.4. The summed E-state index contributed by atoms with van der Waals surface area (Å²) in [7, 11) is 0. The van der Waals surface area contributed by atoms with Crippen LogP contribution in [0.25, 0.3) is 0 Å². The van der Waals surface area contributed by atoms with Gasteiger partial charge in [0, 0.05) is 0 Å². The van der Waals surface area contributed by atoms with Crippen molar-refractivity contribution in [2.45, 2.75) is 129 Å². The van der Waals surface area contributed by atoms with Gasteiger partial charge in [0.15, 0.2) is 19.6 Å². The standard InChI is InChI=1S/C29H53NO6/c1-2-3-4-5-6-7-8-9-10-11-12-13-14-15-16-17-18-19-20-21-22-23-30(24-27(31)32,25-28(33)34)26-29(35)36/h16-17H,2-15,18-26H2,1H3,(H2-,31,32,33,34,35,36)/p+1/b17-16+. The molecule has 0 aromatic rings. The number of carboxylic acids is 3. The summed E-state index contributed by atoms with van der Waals surface area (Å²) in [6.07, 6.45) is 27.9. The zero-order chi connectivity index (χ0) is 26.9. The summed E-state index contributed by atoms with van der Waals surface area (Å²) in [6, 6.07) is 0. The van der Waals surface area contributed by atoms with Crippen LogP contribution in [0.2, 0.25) is 0 Å². The fourth-order valence-electron chi connectivity index (χ4n) is 4.84. The van der Waals surface area contributed by atoms with E-state index in [1.54, 1.807) is 0 Å². The van der Waals surface area contributed by atoms with Crippen molar-refractivity contribution < 1.29 is 34.2 Å². The van der Waals surface area contributed by atoms with Crippen molar-refractivity contribution in [3.63, 3.8) is 0 Å². The fraction of sp³-hybridized carbons (Fsp3) is 0.828. The highest BCUT2D eigenvalue weighted by molar-refractivity contribution is 5.73. The van der Waals surface area contributed by atoms with Crippen molar-refractivity contribution >= 4 is 17.9 Å². The summed E-state index contributed by atoms with van der Waals surface area (Å²) in [6.45, 7) is 1.06. The fourth-order valence-corrected chi connectivity index (χ4v) is 4.84. The van der Waals surface area contributed by atoms with Gasteiger partial charge in [-0.1, -0.05) is 103 Å². The van der Waals surface area contributed by atoms with Crippen molar-refractivity contribution in [3.8, 4) is 0 Å². The van der Waals surface area contributed by atoms with Crippen LogP contribution in [0.4, 0.5) is 0 Å². The Morgan fingerprint density at radius 3 is 1.14 bits per heavy atom. The molecule has 0 heterocycles. The Morgan fingerprint density at radius 1 is 0.500 bits per heavy atom. The van der Waals surface area contributed by atoms with E-state index in [0.717, 1.165) is 32.1 Å². The van der Waals surface area contributed by atoms with E-state index < -0.39 is 42.0 Å². The van der Waals surface area contributed by atoms with E-state index in [1.165, 1.54) is 83.5 Å². The molecule has 0 aliphatic heterocycles. The monoisotopic (exact) mass is 512 g/mol. The molecule has 7 heteroatoms. The molecule has 0 aliphatic rings. The first-order valence-electron chi connectivity index (χ1n) is 14.5. The quantitative estimate of drug-likeness (QED) is 0.0618. The van der Waals surface area contributed by atoms with E-state index in [0.29, 0.717) is 6.42 Å². The topological polar surface area (TPSA) is 112 Å². The Balaban J connectivity index is 3.72. The van der Waals surface area contributed by atoms with E-state index in [1.807, 2.05) is 0 Å². The number of allylic oxidation sites excluding steroid dienone is 2. The third-order valence-electron chi connectivity index (χ3n) is 6.81. The van der Waals surface area contributed by atoms with Gasteiger partial charge in [-0.05, 0) is 38.5 Å². The minimum Gasteiger partial charge on any atom is -0.477 e. The highest BCUT2D eigenvalue weighted by atomic mass is 16.4. The first kappa shape index (κ1) is 34.1. The Labute approximate surface area is 219 Å². The maximum Gasteiger partial charge on any atom is 0.359 e. The molecule has 0 aromatic carbocycles. The molecule has 0 aliphatic carbocycles. The molecular weight excluding hydrogens is 458 g/mol. The average molecular weight is 513 g/mol. The van der Waals surface area contributed by atoms with Gasteiger partial charge < -0.3 is 15.3 Å². The van der Waals surface area contributed by atoms with Crippen molar-refractivity contribution in [1.29, 1.82) is 0 Å². The maximum absolute atomic E-state index is 11.2. The summed E-state index contributed by atoms with van der Waals surface area (Å²) in [4.78, 5) is 33.6. The lowest BCUT2D eigenvalue weighted by Crippen LogP contribution is -2.57. The van der Waals surface area contributed by atoms with Crippen molar-refractivity contribution in [1.82, 2.24) is 0 Å². The van der Waals surface area contributed by atoms with E-state index in [2.05, 4.69) is 19.1 Å². The van der Waals surface area contributed by atoms with Crippen LogP contribution in [0, 0.1) is 0 Å². The average Bonchev–Trinajstić information content (AvgIpc) is 2.78. The molecule has 0 amide bonds. The molecule has 0 unspecified atom stereocenters. The van der Waals surface area contributed by atoms with Gasteiger partial charge in [-0.3, -0.25) is 4.48 Å². The lowest BCUT2D eigenvalue weighted by atomic mass is 10.0. The summed E-state index contributed by atoms with van der Waals surface area (Å²) < 4.78 is -0.445. The van der Waals surface area contributed by atoms with Crippen molar-refractivity contribution in [3.05, 3.63) is 12.2 Å². The lowest BCUT2D eigenvalue weighted by molar-refractivity contribution is -0.907. The molecule has 210 valence electrons. The van der Waals surface area contributed by atoms with Crippen LogP contribution in [0.15, 0.2) is 12.2 Å². The third-order valence-corrected chi connectivity index (χ3v) is 6.81. The van der Waals surface area contributed by atoms with Crippen molar-refractivity contribution in [2.75, 3.05) is 26.2 Å². The number of hydrogen-bond acceptors (Lipinski definition) is 3. The number of quaternary nitrogens is 1. The Morgan fingerprint density at radius 2 is 0.806 bits per heavy atom. The van der Waals surface area contributed by atoms with Crippen LogP contribution in [-0.2, 0) is 14.4 Å². The number of nitrogens with zero attached hydrogens (tertiary/aromatic N) is 1. The van der Waals surface area contributed by atoms with E-state index >= 15 is 0 Å². The van der Waals surface area contributed by atoms with Crippen LogP contribution in [0.3, 0.4) is 0 Å². The second-order valence-electron chi connectivity index (χ2n) is 10.4. The van der Waals surface area contributed by atoms with Gasteiger partial charge in [0.25, 0.3) is 0 Å². The maximum atomic E-state index is 11.2. The van der Waals surface area contributed by atoms with Crippen LogP contribution in [-0.4, -0.2) is 63.9 Å². The molecular formula is C29H54NO6+. The molecule has 7 nitrogen and oxygen atoms in total. The normalized spacial score (nSPS) is 11.8. The number of unbranched alkanes of at least 4 members (excludes halogenated alkanes) is 17. The largest absolute Gasteiger partial charge is 0.477 e. The van der Waals surface area contributed by atoms with Gasteiger partial charge in [0.05, 0.1) is 6.54 Å². The minimum absolute atomic E-state index is 0.250. The van der Waals surface area contributed by atoms with Gasteiger partial charge in [-0.15, -0.1) is 0 Å². The molecule has 0 rings (SSSR count). The number of aliphatic carboxylic acids is 3. The SMILES string of the molecule is CCCCCCCCCCCCCCC/C=C/CCCCCC[N+](CC(=O)O)(CC(=O)O)CC(=O)O. The highest BCUT2D eigenvalue weighted by Gasteiger charge is 2.35. The van der Waals surface area contributed by atoms with Gasteiger partial charge in [-0.25, -0.2) is 14.4 Å². The highest BCUT2D eigenvalue weighted by Crippen LogP contribution is 2.14. The van der Waals surface area contributed by atoms with E-state index in [4.69, 9.17) is 15.3 Å². The zero-order valence-electron chi connectivity index (χ0n) is 22.9. The minimum atomic E-state index is -1.17. The third kappa shape index (κ3) is 22.6. The van der Waals surface area contributed by atoms with Gasteiger partial charge in [0.1, 0.15) is 0 Å². The predicted octanol–water partition coefficient (Wildman–Crippen LogP) is 7.05. The Hall–Kier alpha value is -1.89. The second kappa shape index (κ2) is 23.5. The van der Waals surface area contributed by atoms with Gasteiger partial charge in [0.2, 0.25) is 0 Å². The molecule has 0 radical (unpaired) electrons. The van der Waals surface area contributed by atoms with Crippen LogP contribution >= 0.6 is 0 Å². The van der Waals surface area contributed by atoms with Gasteiger partial charge >= 0.3 is 17.9 Å². The van der Waals surface area contributed by atoms with Gasteiger partial charge in [-0.2, -0.15) is 0 Å². The number of carboxylic acid groups (broad SMARTS) is 3. The molecule has 36 heavy (non-hydrogen) atoms. The summed E-state index contributed by atoms with van der Waals surface area (Å²) in [5, 5.41) is 27.4. The molecule has 0 spiro atoms. The van der Waals surface area contributed by atoms with E-state index in [9.17, 15) is 14.4 Å². The number of hydrogen-bond donors (Lipinski definition) is 3. The summed E-state index contributed by atoms with van der Waals surface area (Å²) in [5.74, 6) is -3.52. The first-order chi connectivity index (χ1) is 17.3. The first-order valence-corrected chi connectivity index (χ1v) is 14.5. The molecule has 0 fully saturated rings. The predicted molar refractivity (Wildman–Crippen MR) is 145 cm³/mol. The van der Waals surface area contributed by atoms with E-state index in [-0.39, 0.29) is 6.54 Å². The number of carbonyl (C=O) groups is 3. The van der Waals surface area contributed by atoms with Crippen LogP contribution in [0.5, 0.6) is 0 Å². The summed E-state index contributed by atoms with van der Waals surface area (Å²) in [5.41, 5.74) is 0.